The van der Waals surface area contributed by atoms with Crippen molar-refractivity contribution < 1.29 is 23.9 Å². The van der Waals surface area contributed by atoms with E-state index in [0.717, 1.165) is 53.0 Å². The summed E-state index contributed by atoms with van der Waals surface area (Å²) in [6.45, 7) is 4.87. The van der Waals surface area contributed by atoms with Crippen LogP contribution in [0.2, 0.25) is 0 Å². The van der Waals surface area contributed by atoms with Gasteiger partial charge in [-0.05, 0) is 36.8 Å². The average molecular weight is 420 g/mol. The van der Waals surface area contributed by atoms with Gasteiger partial charge in [0.15, 0.2) is 11.5 Å². The summed E-state index contributed by atoms with van der Waals surface area (Å²) in [6.07, 6.45) is 2.23. The van der Waals surface area contributed by atoms with Crippen molar-refractivity contribution in [3.63, 3.8) is 0 Å². The molecule has 3 heterocycles. The molecule has 0 radical (unpaired) electrons. The third-order valence-electron chi connectivity index (χ3n) is 6.46. The first-order chi connectivity index (χ1) is 15.2. The Morgan fingerprint density at radius 3 is 2.81 bits per heavy atom. The standard InChI is InChI=1S/C25H26N2O4/c1-16-18-6-3-4-7-19(18)26-20(24(16)25(28)29-2)15-27-11-5-8-21(27)17-9-10-22-23(14-17)31-13-12-30-22/h3-4,6-7,9-10,14,21H,5,8,11-13,15H2,1-2H3/p+1/t21-/m1/s1. The number of likely N-dealkylation sites (tertiary alicyclic amines) is 1. The molecule has 2 aliphatic rings. The number of aromatic nitrogens is 1. The number of hydrogen-bond donors (Lipinski definition) is 1. The lowest BCUT2D eigenvalue weighted by Crippen LogP contribution is -3.09. The number of aryl methyl sites for hydroxylation is 1. The Balaban J connectivity index is 1.50. The number of ether oxygens (including phenoxy) is 3. The van der Waals surface area contributed by atoms with Crippen molar-refractivity contribution in [3.8, 4) is 11.5 Å². The van der Waals surface area contributed by atoms with E-state index in [0.29, 0.717) is 31.4 Å². The molecule has 1 saturated heterocycles. The third-order valence-corrected chi connectivity index (χ3v) is 6.46. The lowest BCUT2D eigenvalue weighted by Gasteiger charge is -2.25. The van der Waals surface area contributed by atoms with Gasteiger partial charge in [0.2, 0.25) is 0 Å². The first-order valence-corrected chi connectivity index (χ1v) is 10.9. The number of rotatable bonds is 4. The fourth-order valence-corrected chi connectivity index (χ4v) is 4.96. The first kappa shape index (κ1) is 19.8. The minimum atomic E-state index is -0.319. The Morgan fingerprint density at radius 1 is 1.16 bits per heavy atom. The molecule has 31 heavy (non-hydrogen) atoms. The molecule has 0 spiro atoms. The van der Waals surface area contributed by atoms with Crippen LogP contribution in [0.4, 0.5) is 0 Å². The van der Waals surface area contributed by atoms with Gasteiger partial charge in [0.05, 0.1) is 24.7 Å². The van der Waals surface area contributed by atoms with E-state index < -0.39 is 0 Å². The van der Waals surface area contributed by atoms with Crippen LogP contribution >= 0.6 is 0 Å². The maximum Gasteiger partial charge on any atom is 0.340 e. The van der Waals surface area contributed by atoms with Crippen LogP contribution in [0.1, 0.15) is 46.1 Å². The van der Waals surface area contributed by atoms with Crippen molar-refractivity contribution >= 4 is 16.9 Å². The van der Waals surface area contributed by atoms with Crippen molar-refractivity contribution in [1.82, 2.24) is 4.98 Å². The number of pyridine rings is 1. The molecule has 0 aliphatic carbocycles. The lowest BCUT2D eigenvalue weighted by atomic mass is 10.00. The van der Waals surface area contributed by atoms with Gasteiger partial charge in [-0.3, -0.25) is 0 Å². The Hall–Kier alpha value is -3.12. The number of benzene rings is 2. The number of nitrogens with one attached hydrogen (secondary N) is 1. The Kier molecular flexibility index (Phi) is 5.24. The molecular formula is C25H27N2O4+. The maximum atomic E-state index is 12.7. The molecule has 0 amide bonds. The van der Waals surface area contributed by atoms with Gasteiger partial charge in [-0.25, -0.2) is 9.78 Å². The molecule has 2 aliphatic heterocycles. The minimum absolute atomic E-state index is 0.319. The van der Waals surface area contributed by atoms with Gasteiger partial charge >= 0.3 is 5.97 Å². The predicted octanol–water partition coefficient (Wildman–Crippen LogP) is 3.02. The Bertz CT molecular complexity index is 1140. The van der Waals surface area contributed by atoms with Crippen LogP contribution in [0.3, 0.4) is 0 Å². The second-order valence-corrected chi connectivity index (χ2v) is 8.25. The average Bonchev–Trinajstić information content (AvgIpc) is 3.26. The molecule has 6 heteroatoms. The van der Waals surface area contributed by atoms with Gasteiger partial charge in [0.25, 0.3) is 0 Å². The van der Waals surface area contributed by atoms with Gasteiger partial charge in [0, 0.05) is 23.8 Å². The van der Waals surface area contributed by atoms with E-state index in [9.17, 15) is 4.79 Å². The fraction of sp³-hybridized carbons (Fsp3) is 0.360. The molecule has 6 nitrogen and oxygen atoms in total. The van der Waals surface area contributed by atoms with E-state index in [1.54, 1.807) is 0 Å². The molecule has 0 saturated carbocycles. The summed E-state index contributed by atoms with van der Waals surface area (Å²) in [4.78, 5) is 19.0. The van der Waals surface area contributed by atoms with Gasteiger partial charge in [0.1, 0.15) is 31.5 Å². The van der Waals surface area contributed by atoms with E-state index in [1.165, 1.54) is 17.6 Å². The summed E-state index contributed by atoms with van der Waals surface area (Å²) in [7, 11) is 1.43. The molecule has 1 N–H and O–H groups in total. The number of nitrogens with zero attached hydrogens (tertiary/aromatic N) is 1. The van der Waals surface area contributed by atoms with Crippen LogP contribution < -0.4 is 14.4 Å². The number of hydrogen-bond acceptors (Lipinski definition) is 5. The Labute approximate surface area is 181 Å². The van der Waals surface area contributed by atoms with E-state index in [4.69, 9.17) is 19.2 Å². The van der Waals surface area contributed by atoms with E-state index in [1.807, 2.05) is 37.3 Å². The molecule has 1 aromatic heterocycles. The summed E-state index contributed by atoms with van der Waals surface area (Å²) in [5.74, 6) is 1.32. The zero-order valence-electron chi connectivity index (χ0n) is 17.9. The molecule has 2 atom stereocenters. The van der Waals surface area contributed by atoms with Gasteiger partial charge < -0.3 is 19.1 Å². The highest BCUT2D eigenvalue weighted by molar-refractivity contribution is 5.98. The van der Waals surface area contributed by atoms with Crippen molar-refractivity contribution in [3.05, 3.63) is 64.8 Å². The highest BCUT2D eigenvalue weighted by Gasteiger charge is 2.33. The number of carbonyl (C=O) groups excluding carboxylic acids is 1. The highest BCUT2D eigenvalue weighted by atomic mass is 16.6. The predicted molar refractivity (Wildman–Crippen MR) is 117 cm³/mol. The molecule has 160 valence electrons. The van der Waals surface area contributed by atoms with E-state index in [-0.39, 0.29) is 5.97 Å². The maximum absolute atomic E-state index is 12.7. The van der Waals surface area contributed by atoms with Gasteiger partial charge in [-0.1, -0.05) is 18.2 Å². The summed E-state index contributed by atoms with van der Waals surface area (Å²) in [6, 6.07) is 14.6. The van der Waals surface area contributed by atoms with Crippen molar-refractivity contribution in [1.29, 1.82) is 0 Å². The summed E-state index contributed by atoms with van der Waals surface area (Å²) < 4.78 is 16.6. The monoisotopic (exact) mass is 419 g/mol. The first-order valence-electron chi connectivity index (χ1n) is 10.9. The number of esters is 1. The van der Waals surface area contributed by atoms with Crippen LogP contribution in [-0.2, 0) is 11.3 Å². The smallest absolute Gasteiger partial charge is 0.340 e. The number of fused-ring (bicyclic) bond motifs is 2. The summed E-state index contributed by atoms with van der Waals surface area (Å²) >= 11 is 0. The van der Waals surface area contributed by atoms with E-state index >= 15 is 0 Å². The van der Waals surface area contributed by atoms with Crippen molar-refractivity contribution in [2.24, 2.45) is 0 Å². The number of carbonyl (C=O) groups is 1. The van der Waals surface area contributed by atoms with Crippen LogP contribution in [0, 0.1) is 6.92 Å². The number of quaternary nitrogens is 1. The zero-order chi connectivity index (χ0) is 21.4. The molecule has 1 fully saturated rings. The molecular weight excluding hydrogens is 392 g/mol. The van der Waals surface area contributed by atoms with Crippen molar-refractivity contribution in [2.45, 2.75) is 32.4 Å². The second kappa shape index (κ2) is 8.19. The van der Waals surface area contributed by atoms with Gasteiger partial charge in [-0.15, -0.1) is 0 Å². The minimum Gasteiger partial charge on any atom is -0.486 e. The van der Waals surface area contributed by atoms with Crippen LogP contribution in [0.25, 0.3) is 10.9 Å². The van der Waals surface area contributed by atoms with E-state index in [2.05, 4.69) is 12.1 Å². The molecule has 1 unspecified atom stereocenters. The number of para-hydroxylation sites is 1. The largest absolute Gasteiger partial charge is 0.486 e. The summed E-state index contributed by atoms with van der Waals surface area (Å²) in [5.41, 5.74) is 4.50. The molecule has 0 bridgehead atoms. The third kappa shape index (κ3) is 3.61. The topological polar surface area (TPSA) is 62.1 Å². The normalized spacial score (nSPS) is 20.1. The van der Waals surface area contributed by atoms with Crippen molar-refractivity contribution in [2.75, 3.05) is 26.9 Å². The second-order valence-electron chi connectivity index (χ2n) is 8.25. The fourth-order valence-electron chi connectivity index (χ4n) is 4.96. The number of methoxy groups -OCH3 is 1. The van der Waals surface area contributed by atoms with Gasteiger partial charge in [-0.2, -0.15) is 0 Å². The summed E-state index contributed by atoms with van der Waals surface area (Å²) in [5, 5.41) is 0.992. The quantitative estimate of drug-likeness (QED) is 0.659. The lowest BCUT2D eigenvalue weighted by molar-refractivity contribution is -0.932. The molecule has 5 rings (SSSR count). The Morgan fingerprint density at radius 2 is 1.97 bits per heavy atom. The SMILES string of the molecule is COC(=O)c1c(C[NH+]2CCC[C@@H]2c2ccc3c(c2)OCCO3)nc2ccccc2c1C. The highest BCUT2D eigenvalue weighted by Crippen LogP contribution is 2.34. The van der Waals surface area contributed by atoms with Crippen LogP contribution in [0.15, 0.2) is 42.5 Å². The van der Waals surface area contributed by atoms with Crippen LogP contribution in [0.5, 0.6) is 11.5 Å². The molecule has 2 aromatic carbocycles. The van der Waals surface area contributed by atoms with Crippen LogP contribution in [-0.4, -0.2) is 37.8 Å². The molecule has 3 aromatic rings. The zero-order valence-corrected chi connectivity index (χ0v) is 17.9.